The van der Waals surface area contributed by atoms with Crippen LogP contribution >= 0.6 is 11.3 Å². The van der Waals surface area contributed by atoms with Crippen molar-refractivity contribution in [3.63, 3.8) is 0 Å². The Morgan fingerprint density at radius 3 is 3.14 bits per heavy atom. The molecule has 1 aliphatic carbocycles. The number of aromatic nitrogens is 3. The van der Waals surface area contributed by atoms with E-state index >= 15 is 0 Å². The number of carbonyl (C=O) groups excluding carboxylic acids is 1. The van der Waals surface area contributed by atoms with Gasteiger partial charge in [0.2, 0.25) is 0 Å². The van der Waals surface area contributed by atoms with Crippen molar-refractivity contribution >= 4 is 22.4 Å². The number of hydrogen-bond donors (Lipinski definition) is 1. The lowest BCUT2D eigenvalue weighted by molar-refractivity contribution is 0.101. The highest BCUT2D eigenvalue weighted by atomic mass is 32.1. The second kappa shape index (κ2) is 5.60. The van der Waals surface area contributed by atoms with Crippen LogP contribution in [0.5, 0.6) is 0 Å². The van der Waals surface area contributed by atoms with E-state index in [2.05, 4.69) is 22.3 Å². The summed E-state index contributed by atoms with van der Waals surface area (Å²) >= 11 is 1.61. The molecule has 2 heterocycles. The van der Waals surface area contributed by atoms with Crippen molar-refractivity contribution in [1.29, 1.82) is 0 Å². The van der Waals surface area contributed by atoms with Crippen LogP contribution in [0.15, 0.2) is 6.07 Å². The molecule has 0 aliphatic heterocycles. The zero-order valence-corrected chi connectivity index (χ0v) is 13.5. The number of nitrogens with one attached hydrogen (secondary N) is 1. The lowest BCUT2D eigenvalue weighted by atomic mass is 9.93. The van der Waals surface area contributed by atoms with Crippen LogP contribution in [0.4, 0.5) is 5.13 Å². The van der Waals surface area contributed by atoms with E-state index < -0.39 is 0 Å². The van der Waals surface area contributed by atoms with Gasteiger partial charge < -0.3 is 0 Å². The van der Waals surface area contributed by atoms with E-state index in [1.807, 2.05) is 19.9 Å². The van der Waals surface area contributed by atoms with Crippen molar-refractivity contribution in [3.05, 3.63) is 28.0 Å². The summed E-state index contributed by atoms with van der Waals surface area (Å²) in [6.07, 6.45) is 3.29. The summed E-state index contributed by atoms with van der Waals surface area (Å²) < 4.78 is 1.72. The van der Waals surface area contributed by atoms with E-state index in [0.717, 1.165) is 24.2 Å². The molecule has 0 saturated heterocycles. The van der Waals surface area contributed by atoms with Crippen molar-refractivity contribution in [2.45, 2.75) is 46.6 Å². The Kier molecular flexibility index (Phi) is 3.80. The summed E-state index contributed by atoms with van der Waals surface area (Å²) in [6.45, 7) is 6.82. The molecule has 2 aromatic heterocycles. The van der Waals surface area contributed by atoms with Gasteiger partial charge in [-0.25, -0.2) is 4.98 Å². The van der Waals surface area contributed by atoms with Crippen molar-refractivity contribution in [1.82, 2.24) is 14.8 Å². The van der Waals surface area contributed by atoms with Crippen molar-refractivity contribution < 1.29 is 4.79 Å². The molecule has 112 valence electrons. The quantitative estimate of drug-likeness (QED) is 0.948. The van der Waals surface area contributed by atoms with E-state index in [1.165, 1.54) is 11.3 Å². The maximum absolute atomic E-state index is 12.4. The highest BCUT2D eigenvalue weighted by Crippen LogP contribution is 2.32. The van der Waals surface area contributed by atoms with Gasteiger partial charge in [-0.15, -0.1) is 11.3 Å². The molecule has 1 atom stereocenters. The fourth-order valence-corrected chi connectivity index (χ4v) is 3.89. The maximum atomic E-state index is 12.4. The van der Waals surface area contributed by atoms with Gasteiger partial charge in [-0.3, -0.25) is 14.8 Å². The van der Waals surface area contributed by atoms with Crippen molar-refractivity contribution in [2.75, 3.05) is 5.32 Å². The SMILES string of the molecule is CCn1nc(C)cc1C(=O)Nc1nc2c(s1)C[C@@H](C)CC2. The highest BCUT2D eigenvalue weighted by Gasteiger charge is 2.21. The smallest absolute Gasteiger partial charge is 0.275 e. The summed E-state index contributed by atoms with van der Waals surface area (Å²) in [7, 11) is 0. The molecule has 5 nitrogen and oxygen atoms in total. The molecule has 1 N–H and O–H groups in total. The number of anilines is 1. The lowest BCUT2D eigenvalue weighted by Crippen LogP contribution is -2.17. The monoisotopic (exact) mass is 304 g/mol. The van der Waals surface area contributed by atoms with Gasteiger partial charge in [0.1, 0.15) is 5.69 Å². The van der Waals surface area contributed by atoms with E-state index in [1.54, 1.807) is 16.0 Å². The Morgan fingerprint density at radius 2 is 2.38 bits per heavy atom. The first-order valence-electron chi connectivity index (χ1n) is 7.41. The Balaban J connectivity index is 1.79. The van der Waals surface area contributed by atoms with Gasteiger partial charge >= 0.3 is 0 Å². The molecule has 0 aromatic carbocycles. The Bertz CT molecular complexity index is 673. The minimum Gasteiger partial charge on any atom is -0.296 e. The van der Waals surface area contributed by atoms with Crippen molar-refractivity contribution in [3.8, 4) is 0 Å². The summed E-state index contributed by atoms with van der Waals surface area (Å²) in [5.41, 5.74) is 2.61. The number of carbonyl (C=O) groups is 1. The average molecular weight is 304 g/mol. The van der Waals surface area contributed by atoms with Gasteiger partial charge in [0.15, 0.2) is 5.13 Å². The first-order chi connectivity index (χ1) is 10.1. The van der Waals surface area contributed by atoms with Crippen LogP contribution in [0.25, 0.3) is 0 Å². The Labute approximate surface area is 128 Å². The van der Waals surface area contributed by atoms with Crippen LogP contribution in [0.1, 0.15) is 47.0 Å². The second-order valence-electron chi connectivity index (χ2n) is 5.68. The van der Waals surface area contributed by atoms with E-state index in [9.17, 15) is 4.79 Å². The number of fused-ring (bicyclic) bond motifs is 1. The fourth-order valence-electron chi connectivity index (χ4n) is 2.72. The second-order valence-corrected chi connectivity index (χ2v) is 6.76. The third-order valence-corrected chi connectivity index (χ3v) is 4.88. The van der Waals surface area contributed by atoms with Crippen LogP contribution in [0, 0.1) is 12.8 Å². The molecule has 1 amide bonds. The number of rotatable bonds is 3. The third kappa shape index (κ3) is 2.85. The van der Waals surface area contributed by atoms with E-state index in [0.29, 0.717) is 23.3 Å². The highest BCUT2D eigenvalue weighted by molar-refractivity contribution is 7.15. The molecular weight excluding hydrogens is 284 g/mol. The molecule has 0 saturated carbocycles. The van der Waals surface area contributed by atoms with Crippen LogP contribution in [-0.4, -0.2) is 20.7 Å². The predicted molar refractivity (Wildman–Crippen MR) is 83.9 cm³/mol. The molecule has 2 aromatic rings. The van der Waals surface area contributed by atoms with Gasteiger partial charge in [-0.05, 0) is 45.1 Å². The minimum absolute atomic E-state index is 0.128. The van der Waals surface area contributed by atoms with Crippen LogP contribution in [0.2, 0.25) is 0 Å². The van der Waals surface area contributed by atoms with Gasteiger partial charge in [0, 0.05) is 11.4 Å². The fraction of sp³-hybridized carbons (Fsp3) is 0.533. The zero-order chi connectivity index (χ0) is 15.0. The predicted octanol–water partition coefficient (Wildman–Crippen LogP) is 3.05. The molecule has 0 fully saturated rings. The summed E-state index contributed by atoms with van der Waals surface area (Å²) in [5, 5.41) is 7.94. The van der Waals surface area contributed by atoms with Crippen LogP contribution in [-0.2, 0) is 19.4 Å². The zero-order valence-electron chi connectivity index (χ0n) is 12.6. The number of aryl methyl sites for hydroxylation is 3. The van der Waals surface area contributed by atoms with Gasteiger partial charge in [0.05, 0.1) is 11.4 Å². The largest absolute Gasteiger partial charge is 0.296 e. The van der Waals surface area contributed by atoms with E-state index in [4.69, 9.17) is 0 Å². The topological polar surface area (TPSA) is 59.8 Å². The molecule has 21 heavy (non-hydrogen) atoms. The number of amides is 1. The molecule has 3 rings (SSSR count). The van der Waals surface area contributed by atoms with E-state index in [-0.39, 0.29) is 5.91 Å². The Morgan fingerprint density at radius 1 is 1.57 bits per heavy atom. The molecule has 1 aliphatic rings. The molecule has 0 unspecified atom stereocenters. The molecule has 0 bridgehead atoms. The first kappa shape index (κ1) is 14.3. The Hall–Kier alpha value is -1.69. The standard InChI is InChI=1S/C15H20N4OS/c1-4-19-12(8-10(3)18-19)14(20)17-15-16-11-6-5-9(2)7-13(11)21-15/h8-9H,4-7H2,1-3H3,(H,16,17,20)/t9-/m0/s1. The van der Waals surface area contributed by atoms with Crippen LogP contribution in [0.3, 0.4) is 0 Å². The number of thiazole rings is 1. The molecular formula is C15H20N4OS. The van der Waals surface area contributed by atoms with Crippen LogP contribution < -0.4 is 5.32 Å². The summed E-state index contributed by atoms with van der Waals surface area (Å²) in [6, 6.07) is 1.81. The van der Waals surface area contributed by atoms with Gasteiger partial charge in [-0.2, -0.15) is 5.10 Å². The number of nitrogens with zero attached hydrogens (tertiary/aromatic N) is 3. The van der Waals surface area contributed by atoms with Gasteiger partial charge in [-0.1, -0.05) is 6.92 Å². The molecule has 6 heteroatoms. The normalized spacial score (nSPS) is 17.6. The van der Waals surface area contributed by atoms with Gasteiger partial charge in [0.25, 0.3) is 5.91 Å². The van der Waals surface area contributed by atoms with Crippen molar-refractivity contribution in [2.24, 2.45) is 5.92 Å². The summed E-state index contributed by atoms with van der Waals surface area (Å²) in [5.74, 6) is 0.585. The molecule has 0 spiro atoms. The average Bonchev–Trinajstić information content (AvgIpc) is 3.00. The minimum atomic E-state index is -0.128. The summed E-state index contributed by atoms with van der Waals surface area (Å²) in [4.78, 5) is 18.3. The lowest BCUT2D eigenvalue weighted by Gasteiger charge is -2.15. The first-order valence-corrected chi connectivity index (χ1v) is 8.22. The third-order valence-electron chi connectivity index (χ3n) is 3.84. The maximum Gasteiger partial charge on any atom is 0.275 e. The number of hydrogen-bond acceptors (Lipinski definition) is 4. The molecule has 0 radical (unpaired) electrons.